The van der Waals surface area contributed by atoms with E-state index in [1.54, 1.807) is 0 Å². The van der Waals surface area contributed by atoms with E-state index in [4.69, 9.17) is 0 Å². The molecule has 2 aromatic rings. The Morgan fingerprint density at radius 2 is 1.87 bits per heavy atom. The molecular weight excluding hydrogens is 288 g/mol. The smallest absolute Gasteiger partial charge is 0.224 e. The van der Waals surface area contributed by atoms with Crippen molar-refractivity contribution in [2.75, 3.05) is 46.3 Å². The second-order valence-corrected chi connectivity index (χ2v) is 6.45. The SMILES string of the molecule is CN1CCN(CCNC(=O)Cc2cn(C)c3ccccc23)CC1. The Labute approximate surface area is 137 Å². The molecule has 1 aromatic heterocycles. The van der Waals surface area contributed by atoms with Gasteiger partial charge in [0.1, 0.15) is 0 Å². The van der Waals surface area contributed by atoms with Crippen LogP contribution in [0.15, 0.2) is 30.5 Å². The Morgan fingerprint density at radius 1 is 1.13 bits per heavy atom. The molecule has 1 N–H and O–H groups in total. The Hall–Kier alpha value is -1.85. The normalized spacial score (nSPS) is 16.8. The molecule has 0 aliphatic carbocycles. The lowest BCUT2D eigenvalue weighted by Gasteiger charge is -2.32. The fourth-order valence-corrected chi connectivity index (χ4v) is 3.23. The van der Waals surface area contributed by atoms with Gasteiger partial charge in [0, 0.05) is 63.4 Å². The van der Waals surface area contributed by atoms with Crippen molar-refractivity contribution in [2.45, 2.75) is 6.42 Å². The molecule has 3 rings (SSSR count). The zero-order valence-electron chi connectivity index (χ0n) is 14.1. The molecule has 1 aromatic carbocycles. The summed E-state index contributed by atoms with van der Waals surface area (Å²) >= 11 is 0. The number of para-hydroxylation sites is 1. The van der Waals surface area contributed by atoms with Gasteiger partial charge in [0.15, 0.2) is 0 Å². The number of rotatable bonds is 5. The Bertz CT molecular complexity index is 671. The number of carbonyl (C=O) groups is 1. The summed E-state index contributed by atoms with van der Waals surface area (Å²) in [5.41, 5.74) is 2.27. The van der Waals surface area contributed by atoms with Crippen molar-refractivity contribution in [1.82, 2.24) is 19.7 Å². The van der Waals surface area contributed by atoms with E-state index in [-0.39, 0.29) is 5.91 Å². The third-order valence-corrected chi connectivity index (χ3v) is 4.68. The summed E-state index contributed by atoms with van der Waals surface area (Å²) in [6.45, 7) is 6.09. The number of nitrogens with zero attached hydrogens (tertiary/aromatic N) is 3. The average Bonchev–Trinajstić information content (AvgIpc) is 2.86. The van der Waals surface area contributed by atoms with Gasteiger partial charge >= 0.3 is 0 Å². The van der Waals surface area contributed by atoms with E-state index in [1.165, 1.54) is 10.9 Å². The zero-order valence-corrected chi connectivity index (χ0v) is 14.1. The van der Waals surface area contributed by atoms with Crippen LogP contribution in [0.2, 0.25) is 0 Å². The molecule has 1 aliphatic heterocycles. The molecule has 0 bridgehead atoms. The first-order valence-electron chi connectivity index (χ1n) is 8.34. The van der Waals surface area contributed by atoms with E-state index in [0.717, 1.165) is 44.8 Å². The molecule has 23 heavy (non-hydrogen) atoms. The van der Waals surface area contributed by atoms with Gasteiger partial charge in [-0.05, 0) is 18.7 Å². The molecule has 0 saturated carbocycles. The van der Waals surface area contributed by atoms with Crippen LogP contribution < -0.4 is 5.32 Å². The standard InChI is InChI=1S/C18H26N4O/c1-20-9-11-22(12-10-20)8-7-19-18(23)13-15-14-21(2)17-6-4-3-5-16(15)17/h3-6,14H,7-13H2,1-2H3,(H,19,23). The third-order valence-electron chi connectivity index (χ3n) is 4.68. The summed E-state index contributed by atoms with van der Waals surface area (Å²) in [6.07, 6.45) is 2.51. The highest BCUT2D eigenvalue weighted by Crippen LogP contribution is 2.20. The number of hydrogen-bond donors (Lipinski definition) is 1. The number of hydrogen-bond acceptors (Lipinski definition) is 3. The van der Waals surface area contributed by atoms with Gasteiger partial charge in [-0.1, -0.05) is 18.2 Å². The van der Waals surface area contributed by atoms with Crippen LogP contribution in [-0.2, 0) is 18.3 Å². The fourth-order valence-electron chi connectivity index (χ4n) is 3.23. The van der Waals surface area contributed by atoms with Gasteiger partial charge in [0.25, 0.3) is 0 Å². The number of likely N-dealkylation sites (N-methyl/N-ethyl adjacent to an activating group) is 1. The fraction of sp³-hybridized carbons (Fsp3) is 0.500. The maximum atomic E-state index is 12.2. The van der Waals surface area contributed by atoms with E-state index in [0.29, 0.717) is 6.42 Å². The van der Waals surface area contributed by atoms with E-state index in [1.807, 2.05) is 19.2 Å². The van der Waals surface area contributed by atoms with Crippen LogP contribution >= 0.6 is 0 Å². The summed E-state index contributed by atoms with van der Waals surface area (Å²) in [7, 11) is 4.18. The zero-order chi connectivity index (χ0) is 16.2. The first-order chi connectivity index (χ1) is 11.1. The quantitative estimate of drug-likeness (QED) is 0.898. The monoisotopic (exact) mass is 314 g/mol. The summed E-state index contributed by atoms with van der Waals surface area (Å²) in [6, 6.07) is 8.23. The average molecular weight is 314 g/mol. The van der Waals surface area contributed by atoms with Gasteiger partial charge in [-0.3, -0.25) is 9.69 Å². The minimum Gasteiger partial charge on any atom is -0.355 e. The molecule has 5 nitrogen and oxygen atoms in total. The van der Waals surface area contributed by atoms with Crippen LogP contribution in [0.5, 0.6) is 0 Å². The van der Waals surface area contributed by atoms with Gasteiger partial charge in [-0.25, -0.2) is 0 Å². The largest absolute Gasteiger partial charge is 0.355 e. The van der Waals surface area contributed by atoms with Gasteiger partial charge in [-0.15, -0.1) is 0 Å². The van der Waals surface area contributed by atoms with Crippen LogP contribution in [0.25, 0.3) is 10.9 Å². The number of piperazine rings is 1. The number of aromatic nitrogens is 1. The minimum atomic E-state index is 0.107. The van der Waals surface area contributed by atoms with Crippen molar-refractivity contribution in [2.24, 2.45) is 7.05 Å². The molecule has 1 aliphatic rings. The molecule has 1 saturated heterocycles. The lowest BCUT2D eigenvalue weighted by molar-refractivity contribution is -0.120. The van der Waals surface area contributed by atoms with Crippen molar-refractivity contribution in [1.29, 1.82) is 0 Å². The van der Waals surface area contributed by atoms with Crippen molar-refractivity contribution in [3.63, 3.8) is 0 Å². The molecule has 124 valence electrons. The maximum absolute atomic E-state index is 12.2. The molecule has 0 spiro atoms. The van der Waals surface area contributed by atoms with Crippen molar-refractivity contribution in [3.8, 4) is 0 Å². The Balaban J connectivity index is 1.49. The van der Waals surface area contributed by atoms with Crippen LogP contribution in [-0.4, -0.2) is 66.6 Å². The first-order valence-corrected chi connectivity index (χ1v) is 8.34. The van der Waals surface area contributed by atoms with Gasteiger partial charge < -0.3 is 14.8 Å². The van der Waals surface area contributed by atoms with Crippen molar-refractivity contribution < 1.29 is 4.79 Å². The van der Waals surface area contributed by atoms with Crippen LogP contribution in [0.4, 0.5) is 0 Å². The van der Waals surface area contributed by atoms with Crippen LogP contribution in [0, 0.1) is 0 Å². The molecule has 2 heterocycles. The predicted octanol–water partition coefficient (Wildman–Crippen LogP) is 1.08. The maximum Gasteiger partial charge on any atom is 0.224 e. The van der Waals surface area contributed by atoms with Crippen molar-refractivity contribution in [3.05, 3.63) is 36.0 Å². The predicted molar refractivity (Wildman–Crippen MR) is 93.6 cm³/mol. The molecular formula is C18H26N4O. The van der Waals surface area contributed by atoms with Crippen LogP contribution in [0.1, 0.15) is 5.56 Å². The molecule has 5 heteroatoms. The first kappa shape index (κ1) is 16.0. The second-order valence-electron chi connectivity index (χ2n) is 6.45. The highest BCUT2D eigenvalue weighted by atomic mass is 16.1. The highest BCUT2D eigenvalue weighted by molar-refractivity contribution is 5.89. The van der Waals surface area contributed by atoms with Gasteiger partial charge in [0.05, 0.1) is 6.42 Å². The summed E-state index contributed by atoms with van der Waals surface area (Å²) < 4.78 is 2.09. The molecule has 0 radical (unpaired) electrons. The second kappa shape index (κ2) is 7.15. The molecule has 0 unspecified atom stereocenters. The topological polar surface area (TPSA) is 40.5 Å². The lowest BCUT2D eigenvalue weighted by atomic mass is 10.1. The summed E-state index contributed by atoms with van der Waals surface area (Å²) in [5, 5.41) is 4.23. The van der Waals surface area contributed by atoms with E-state index >= 15 is 0 Å². The van der Waals surface area contributed by atoms with Gasteiger partial charge in [-0.2, -0.15) is 0 Å². The third kappa shape index (κ3) is 3.92. The summed E-state index contributed by atoms with van der Waals surface area (Å²) in [5.74, 6) is 0.107. The van der Waals surface area contributed by atoms with E-state index < -0.39 is 0 Å². The molecule has 1 amide bonds. The minimum absolute atomic E-state index is 0.107. The number of carbonyl (C=O) groups excluding carboxylic acids is 1. The number of benzene rings is 1. The summed E-state index contributed by atoms with van der Waals surface area (Å²) in [4.78, 5) is 17.0. The Kier molecular flexibility index (Phi) is 4.98. The van der Waals surface area contributed by atoms with Gasteiger partial charge in [0.2, 0.25) is 5.91 Å². The Morgan fingerprint density at radius 3 is 2.65 bits per heavy atom. The number of amides is 1. The number of fused-ring (bicyclic) bond motifs is 1. The lowest BCUT2D eigenvalue weighted by Crippen LogP contribution is -2.47. The number of aryl methyl sites for hydroxylation is 1. The van der Waals surface area contributed by atoms with Crippen molar-refractivity contribution >= 4 is 16.8 Å². The van der Waals surface area contributed by atoms with E-state index in [9.17, 15) is 4.79 Å². The molecule has 0 atom stereocenters. The molecule has 1 fully saturated rings. The van der Waals surface area contributed by atoms with E-state index in [2.05, 4.69) is 45.1 Å². The highest BCUT2D eigenvalue weighted by Gasteiger charge is 2.14. The van der Waals surface area contributed by atoms with Crippen LogP contribution in [0.3, 0.4) is 0 Å². The number of nitrogens with one attached hydrogen (secondary N) is 1.